The monoisotopic (exact) mass is 359 g/mol. The Hall–Kier alpha value is -3.47. The third-order valence-corrected chi connectivity index (χ3v) is 4.14. The van der Waals surface area contributed by atoms with Crippen molar-refractivity contribution in [2.75, 3.05) is 5.32 Å². The summed E-state index contributed by atoms with van der Waals surface area (Å²) in [5.74, 6) is 0.436. The standard InChI is InChI=1S/C22H21N3O2/c1-15-6-8-17(9-7-15)13-24-22(27)19-10-11-21(23-14-19)25-20-5-3-4-18(12-20)16(2)26/h3-12,14H,13H2,1-2H3,(H,23,25)(H,24,27). The number of benzene rings is 2. The number of anilines is 2. The van der Waals surface area contributed by atoms with Crippen LogP contribution in [0.1, 0.15) is 38.8 Å². The summed E-state index contributed by atoms with van der Waals surface area (Å²) < 4.78 is 0. The van der Waals surface area contributed by atoms with Gasteiger partial charge in [-0.1, -0.05) is 42.0 Å². The van der Waals surface area contributed by atoms with E-state index in [0.29, 0.717) is 23.5 Å². The van der Waals surface area contributed by atoms with Gasteiger partial charge in [0.25, 0.3) is 5.91 Å². The number of nitrogens with one attached hydrogen (secondary N) is 2. The summed E-state index contributed by atoms with van der Waals surface area (Å²) in [5, 5.41) is 6.02. The van der Waals surface area contributed by atoms with Crippen LogP contribution in [0.25, 0.3) is 0 Å². The third kappa shape index (κ3) is 5.01. The predicted octanol–water partition coefficient (Wildman–Crippen LogP) is 4.27. The highest BCUT2D eigenvalue weighted by Crippen LogP contribution is 2.16. The van der Waals surface area contributed by atoms with Crippen molar-refractivity contribution < 1.29 is 9.59 Å². The van der Waals surface area contributed by atoms with E-state index >= 15 is 0 Å². The predicted molar refractivity (Wildman–Crippen MR) is 106 cm³/mol. The molecule has 27 heavy (non-hydrogen) atoms. The van der Waals surface area contributed by atoms with Gasteiger partial charge in [0.05, 0.1) is 5.56 Å². The molecule has 0 fully saturated rings. The Bertz CT molecular complexity index is 948. The second-order valence-electron chi connectivity index (χ2n) is 6.36. The van der Waals surface area contributed by atoms with Gasteiger partial charge in [-0.05, 0) is 43.7 Å². The lowest BCUT2D eigenvalue weighted by atomic mass is 10.1. The van der Waals surface area contributed by atoms with Gasteiger partial charge in [0.1, 0.15) is 5.82 Å². The maximum atomic E-state index is 12.3. The highest BCUT2D eigenvalue weighted by atomic mass is 16.1. The van der Waals surface area contributed by atoms with Crippen molar-refractivity contribution >= 4 is 23.2 Å². The largest absolute Gasteiger partial charge is 0.348 e. The molecule has 0 radical (unpaired) electrons. The van der Waals surface area contributed by atoms with E-state index in [1.54, 1.807) is 24.3 Å². The molecule has 0 atom stereocenters. The summed E-state index contributed by atoms with van der Waals surface area (Å²) in [5.41, 5.74) is 4.13. The molecule has 0 aliphatic rings. The third-order valence-electron chi connectivity index (χ3n) is 4.14. The first-order valence-electron chi connectivity index (χ1n) is 8.69. The zero-order valence-electron chi connectivity index (χ0n) is 15.3. The van der Waals surface area contributed by atoms with Gasteiger partial charge in [0.15, 0.2) is 5.78 Å². The average Bonchev–Trinajstić information content (AvgIpc) is 2.68. The van der Waals surface area contributed by atoms with Crippen molar-refractivity contribution in [1.82, 2.24) is 10.3 Å². The Morgan fingerprint density at radius 1 is 0.963 bits per heavy atom. The van der Waals surface area contributed by atoms with Gasteiger partial charge < -0.3 is 10.6 Å². The molecule has 0 bridgehead atoms. The molecule has 0 saturated carbocycles. The summed E-state index contributed by atoms with van der Waals surface area (Å²) >= 11 is 0. The van der Waals surface area contributed by atoms with Crippen LogP contribution in [0, 0.1) is 6.92 Å². The van der Waals surface area contributed by atoms with E-state index in [2.05, 4.69) is 15.6 Å². The first-order valence-corrected chi connectivity index (χ1v) is 8.69. The Morgan fingerprint density at radius 3 is 2.41 bits per heavy atom. The highest BCUT2D eigenvalue weighted by molar-refractivity contribution is 5.95. The number of carbonyl (C=O) groups excluding carboxylic acids is 2. The second-order valence-corrected chi connectivity index (χ2v) is 6.36. The lowest BCUT2D eigenvalue weighted by Gasteiger charge is -2.08. The summed E-state index contributed by atoms with van der Waals surface area (Å²) in [7, 11) is 0. The molecule has 1 aromatic heterocycles. The van der Waals surface area contributed by atoms with Gasteiger partial charge in [0, 0.05) is 24.0 Å². The van der Waals surface area contributed by atoms with Crippen molar-refractivity contribution in [2.24, 2.45) is 0 Å². The zero-order valence-corrected chi connectivity index (χ0v) is 15.3. The molecule has 3 rings (SSSR count). The van der Waals surface area contributed by atoms with E-state index in [0.717, 1.165) is 11.3 Å². The molecule has 0 aliphatic carbocycles. The summed E-state index contributed by atoms with van der Waals surface area (Å²) in [6, 6.07) is 18.7. The number of Topliss-reactive ketones (excluding diaryl/α,β-unsaturated/α-hetero) is 1. The van der Waals surface area contributed by atoms with Crippen LogP contribution in [0.15, 0.2) is 66.9 Å². The van der Waals surface area contributed by atoms with Crippen LogP contribution in [-0.2, 0) is 6.54 Å². The molecule has 0 saturated heterocycles. The fourth-order valence-electron chi connectivity index (χ4n) is 2.56. The normalized spacial score (nSPS) is 10.3. The fourth-order valence-corrected chi connectivity index (χ4v) is 2.56. The minimum Gasteiger partial charge on any atom is -0.348 e. The maximum absolute atomic E-state index is 12.3. The molecular weight excluding hydrogens is 338 g/mol. The van der Waals surface area contributed by atoms with Gasteiger partial charge in [-0.15, -0.1) is 0 Å². The fraction of sp³-hybridized carbons (Fsp3) is 0.136. The van der Waals surface area contributed by atoms with Crippen molar-refractivity contribution in [3.8, 4) is 0 Å². The first kappa shape index (κ1) is 18.3. The van der Waals surface area contributed by atoms with E-state index in [1.807, 2.05) is 43.3 Å². The van der Waals surface area contributed by atoms with Crippen LogP contribution in [0.3, 0.4) is 0 Å². The SMILES string of the molecule is CC(=O)c1cccc(Nc2ccc(C(=O)NCc3ccc(C)cc3)cn2)c1. The lowest BCUT2D eigenvalue weighted by Crippen LogP contribution is -2.22. The van der Waals surface area contributed by atoms with E-state index in [1.165, 1.54) is 18.7 Å². The number of hydrogen-bond acceptors (Lipinski definition) is 4. The van der Waals surface area contributed by atoms with Crippen LogP contribution in [0.4, 0.5) is 11.5 Å². The van der Waals surface area contributed by atoms with Crippen molar-refractivity contribution in [3.63, 3.8) is 0 Å². The molecule has 3 aromatic rings. The van der Waals surface area contributed by atoms with Crippen LogP contribution in [0.2, 0.25) is 0 Å². The van der Waals surface area contributed by atoms with E-state index in [9.17, 15) is 9.59 Å². The molecule has 2 aromatic carbocycles. The van der Waals surface area contributed by atoms with Gasteiger partial charge in [-0.3, -0.25) is 9.59 Å². The average molecular weight is 359 g/mol. The molecule has 2 N–H and O–H groups in total. The van der Waals surface area contributed by atoms with Gasteiger partial charge >= 0.3 is 0 Å². The number of rotatable bonds is 6. The van der Waals surface area contributed by atoms with E-state index < -0.39 is 0 Å². The number of carbonyl (C=O) groups is 2. The lowest BCUT2D eigenvalue weighted by molar-refractivity contribution is 0.0949. The molecule has 5 heteroatoms. The number of nitrogens with zero attached hydrogens (tertiary/aromatic N) is 1. The molecule has 136 valence electrons. The van der Waals surface area contributed by atoms with E-state index in [-0.39, 0.29) is 11.7 Å². The summed E-state index contributed by atoms with van der Waals surface area (Å²) in [4.78, 5) is 28.0. The molecule has 0 spiro atoms. The van der Waals surface area contributed by atoms with Crippen molar-refractivity contribution in [1.29, 1.82) is 0 Å². The number of hydrogen-bond donors (Lipinski definition) is 2. The Labute approximate surface area is 158 Å². The molecule has 0 unspecified atom stereocenters. The van der Waals surface area contributed by atoms with Crippen molar-refractivity contribution in [3.05, 3.63) is 89.1 Å². The van der Waals surface area contributed by atoms with Crippen LogP contribution in [0.5, 0.6) is 0 Å². The number of aryl methyl sites for hydroxylation is 1. The van der Waals surface area contributed by atoms with Gasteiger partial charge in [-0.25, -0.2) is 4.98 Å². The first-order chi connectivity index (χ1) is 13.0. The zero-order chi connectivity index (χ0) is 19.2. The van der Waals surface area contributed by atoms with Gasteiger partial charge in [0.2, 0.25) is 0 Å². The van der Waals surface area contributed by atoms with Gasteiger partial charge in [-0.2, -0.15) is 0 Å². The number of amides is 1. The molecule has 0 aliphatic heterocycles. The number of ketones is 1. The maximum Gasteiger partial charge on any atom is 0.253 e. The Kier molecular flexibility index (Phi) is 5.61. The van der Waals surface area contributed by atoms with E-state index in [4.69, 9.17) is 0 Å². The molecular formula is C22H21N3O2. The molecule has 5 nitrogen and oxygen atoms in total. The number of aromatic nitrogens is 1. The van der Waals surface area contributed by atoms with Crippen LogP contribution < -0.4 is 10.6 Å². The number of pyridine rings is 1. The van der Waals surface area contributed by atoms with Crippen LogP contribution >= 0.6 is 0 Å². The second kappa shape index (κ2) is 8.27. The summed E-state index contributed by atoms with van der Waals surface area (Å²) in [6.07, 6.45) is 1.53. The Balaban J connectivity index is 1.61. The minimum absolute atomic E-state index is 0.00667. The van der Waals surface area contributed by atoms with Crippen LogP contribution in [-0.4, -0.2) is 16.7 Å². The quantitative estimate of drug-likeness (QED) is 0.645. The molecule has 1 heterocycles. The summed E-state index contributed by atoms with van der Waals surface area (Å²) in [6.45, 7) is 4.03. The topological polar surface area (TPSA) is 71.1 Å². The van der Waals surface area contributed by atoms with Crippen molar-refractivity contribution in [2.45, 2.75) is 20.4 Å². The Morgan fingerprint density at radius 2 is 1.74 bits per heavy atom. The molecule has 1 amide bonds. The minimum atomic E-state index is -0.173. The smallest absolute Gasteiger partial charge is 0.253 e. The highest BCUT2D eigenvalue weighted by Gasteiger charge is 2.07.